The van der Waals surface area contributed by atoms with Crippen LogP contribution in [0, 0.1) is 6.92 Å². The van der Waals surface area contributed by atoms with Gasteiger partial charge in [-0.1, -0.05) is 66.8 Å². The minimum atomic E-state index is -4.82. The molecule has 0 amide bonds. The summed E-state index contributed by atoms with van der Waals surface area (Å²) in [5, 5.41) is 10.4. The fraction of sp³-hybridized carbons (Fsp3) is 0.333. The standard InChI is InChI=1S/C45H52N2O11S2/c1-33-37(38-22-20-35(46(26-28-56-3)27-29-57-4)31-41(38)58-44(33)34-15-9-8-10-16-34)17-11-6-5-7-12-18-42-45(2,24-13-19-43(48)49)39-32-36(60(53,54)55)21-23-40(39)47(42)25-14-30-59(50,51)52/h5-12,15-18,20-23,31-32H,13-14,19,24-30H2,1-4H3,(H2-,48,49,50,51,52,53,54,55)/p-1. The van der Waals surface area contributed by atoms with Crippen molar-refractivity contribution in [3.8, 4) is 22.6 Å². The number of allylic oxidation sites excluding steroid dienone is 7. The Morgan fingerprint density at radius 2 is 1.58 bits per heavy atom. The zero-order valence-corrected chi connectivity index (χ0v) is 35.8. The topological polar surface area (TPSA) is 190 Å². The molecule has 1 N–H and O–H groups in total. The summed E-state index contributed by atoms with van der Waals surface area (Å²) in [5.74, 6) is -0.143. The lowest BCUT2D eigenvalue weighted by Crippen LogP contribution is -2.35. The van der Waals surface area contributed by atoms with E-state index in [9.17, 15) is 35.8 Å². The first-order valence-electron chi connectivity index (χ1n) is 19.5. The Balaban J connectivity index is 1.51. The van der Waals surface area contributed by atoms with Crippen LogP contribution < -0.4 is 14.8 Å². The number of hydrogen-bond donors (Lipinski definition) is 1. The predicted octanol–water partition coefficient (Wildman–Crippen LogP) is 6.31. The highest BCUT2D eigenvalue weighted by atomic mass is 32.2. The van der Waals surface area contributed by atoms with E-state index in [1.165, 1.54) is 18.2 Å². The van der Waals surface area contributed by atoms with Crippen LogP contribution in [-0.4, -0.2) is 89.8 Å². The van der Waals surface area contributed by atoms with E-state index in [0.29, 0.717) is 49.0 Å². The van der Waals surface area contributed by atoms with Gasteiger partial charge in [0.1, 0.15) is 34.9 Å². The molecule has 0 saturated heterocycles. The smallest absolute Gasteiger partial charge is 0.303 e. The molecular weight excluding hydrogens is 809 g/mol. The predicted molar refractivity (Wildman–Crippen MR) is 229 cm³/mol. The Morgan fingerprint density at radius 3 is 2.23 bits per heavy atom. The third-order valence-electron chi connectivity index (χ3n) is 10.5. The molecule has 1 unspecified atom stereocenters. The molecule has 3 aliphatic rings. The highest BCUT2D eigenvalue weighted by Gasteiger charge is 2.43. The SMILES string of the molecule is COCC[N+](CCOC)=c1ccc2c(/C=C/C=C/C=C/C=C3\N(CCCS(=O)(=O)[O-])c4ccc(S(=O)(=O)[O-])cc4C3(C)CCCC(=O)O)c(C)c(-c3ccccc3)oc-2c1. The summed E-state index contributed by atoms with van der Waals surface area (Å²) < 4.78 is 90.1. The quantitative estimate of drug-likeness (QED) is 0.0594. The average Bonchev–Trinajstić information content (AvgIpc) is 3.43. The van der Waals surface area contributed by atoms with Gasteiger partial charge in [0, 0.05) is 72.5 Å². The number of anilines is 1. The second kappa shape index (κ2) is 20.4. The molecule has 1 atom stereocenters. The number of benzene rings is 3. The number of carboxylic acid groups (broad SMARTS) is 1. The second-order valence-electron chi connectivity index (χ2n) is 14.6. The minimum Gasteiger partial charge on any atom is -0.748 e. The molecule has 2 aromatic rings. The molecule has 0 saturated carbocycles. The number of carboxylic acids is 1. The van der Waals surface area contributed by atoms with E-state index in [4.69, 9.17) is 13.9 Å². The Bertz CT molecular complexity index is 2530. The maximum atomic E-state index is 12.0. The van der Waals surface area contributed by atoms with Crippen molar-refractivity contribution >= 4 is 38.0 Å². The first-order chi connectivity index (χ1) is 28.6. The molecule has 2 aliphatic heterocycles. The number of nitrogens with zero attached hydrogens (tertiary/aromatic N) is 2. The summed E-state index contributed by atoms with van der Waals surface area (Å²) in [6, 6.07) is 20.0. The number of fused-ring (bicyclic) bond motifs is 2. The molecule has 15 heteroatoms. The van der Waals surface area contributed by atoms with Gasteiger partial charge in [-0.15, -0.1) is 0 Å². The molecular formula is C45H51N2O11S2-. The van der Waals surface area contributed by atoms with Crippen LogP contribution >= 0.6 is 0 Å². The van der Waals surface area contributed by atoms with Crippen LogP contribution in [0.1, 0.15) is 49.3 Å². The Kier molecular flexibility index (Phi) is 15.6. The number of hydrogen-bond acceptors (Lipinski definition) is 11. The number of rotatable bonds is 20. The van der Waals surface area contributed by atoms with Crippen LogP contribution in [0.2, 0.25) is 0 Å². The lowest BCUT2D eigenvalue weighted by atomic mass is 9.77. The molecule has 2 heterocycles. The molecule has 60 heavy (non-hydrogen) atoms. The van der Waals surface area contributed by atoms with Crippen molar-refractivity contribution in [3.05, 3.63) is 131 Å². The first-order valence-corrected chi connectivity index (χ1v) is 22.5. The van der Waals surface area contributed by atoms with Crippen LogP contribution in [0.15, 0.2) is 118 Å². The van der Waals surface area contributed by atoms with Gasteiger partial charge in [0.25, 0.3) is 0 Å². The van der Waals surface area contributed by atoms with E-state index in [1.54, 1.807) is 37.3 Å². The molecule has 0 aromatic heterocycles. The normalized spacial score (nSPS) is 16.6. The third kappa shape index (κ3) is 11.6. The van der Waals surface area contributed by atoms with Gasteiger partial charge in [0.05, 0.1) is 21.1 Å². The Hall–Kier alpha value is -5.16. The van der Waals surface area contributed by atoms with E-state index >= 15 is 0 Å². The highest BCUT2D eigenvalue weighted by molar-refractivity contribution is 7.86. The van der Waals surface area contributed by atoms with Crippen molar-refractivity contribution < 1.29 is 49.7 Å². The lowest BCUT2D eigenvalue weighted by molar-refractivity contribution is -0.137. The summed E-state index contributed by atoms with van der Waals surface area (Å²) >= 11 is 0. The zero-order valence-electron chi connectivity index (χ0n) is 34.2. The van der Waals surface area contributed by atoms with Gasteiger partial charge >= 0.3 is 5.97 Å². The van der Waals surface area contributed by atoms with E-state index in [1.807, 2.05) is 74.5 Å². The highest BCUT2D eigenvalue weighted by Crippen LogP contribution is 2.51. The van der Waals surface area contributed by atoms with Gasteiger partial charge in [-0.05, 0) is 74.6 Å². The van der Waals surface area contributed by atoms with Crippen LogP contribution in [0.25, 0.3) is 28.7 Å². The summed E-state index contributed by atoms with van der Waals surface area (Å²) in [6.45, 7) is 6.42. The fourth-order valence-electron chi connectivity index (χ4n) is 7.55. The van der Waals surface area contributed by atoms with Crippen LogP contribution in [0.3, 0.4) is 0 Å². The maximum absolute atomic E-state index is 12.0. The molecule has 13 nitrogen and oxygen atoms in total. The molecule has 5 rings (SSSR count). The van der Waals surface area contributed by atoms with Crippen molar-refractivity contribution in [2.75, 3.05) is 57.7 Å². The number of methoxy groups -OCH3 is 2. The van der Waals surface area contributed by atoms with Crippen molar-refractivity contribution in [1.29, 1.82) is 0 Å². The molecule has 0 radical (unpaired) electrons. The van der Waals surface area contributed by atoms with Gasteiger partial charge < -0.3 is 33.0 Å². The zero-order chi connectivity index (χ0) is 43.5. The van der Waals surface area contributed by atoms with E-state index in [-0.39, 0.29) is 32.2 Å². The van der Waals surface area contributed by atoms with Crippen LogP contribution in [-0.2, 0) is 39.9 Å². The first kappa shape index (κ1) is 45.9. The minimum absolute atomic E-state index is 0.0160. The summed E-state index contributed by atoms with van der Waals surface area (Å²) in [5.41, 5.74) is 4.53. The fourth-order valence-corrected chi connectivity index (χ4v) is 8.53. The molecule has 1 aliphatic carbocycles. The largest absolute Gasteiger partial charge is 0.748 e. The van der Waals surface area contributed by atoms with Crippen molar-refractivity contribution in [1.82, 2.24) is 4.58 Å². The van der Waals surface area contributed by atoms with Crippen molar-refractivity contribution in [2.24, 2.45) is 0 Å². The second-order valence-corrected chi connectivity index (χ2v) is 17.6. The molecule has 320 valence electrons. The Morgan fingerprint density at radius 1 is 0.900 bits per heavy atom. The van der Waals surface area contributed by atoms with Gasteiger partial charge in [-0.3, -0.25) is 4.79 Å². The lowest BCUT2D eigenvalue weighted by Gasteiger charge is -2.30. The van der Waals surface area contributed by atoms with Gasteiger partial charge in [0.2, 0.25) is 5.36 Å². The monoisotopic (exact) mass is 859 g/mol. The van der Waals surface area contributed by atoms with Gasteiger partial charge in [-0.2, -0.15) is 0 Å². The number of carbonyl (C=O) groups is 1. The molecule has 0 bridgehead atoms. The number of ether oxygens (including phenoxy) is 2. The molecule has 0 spiro atoms. The summed E-state index contributed by atoms with van der Waals surface area (Å²) in [4.78, 5) is 12.8. The Labute approximate surface area is 352 Å². The van der Waals surface area contributed by atoms with E-state index in [2.05, 4.69) is 16.7 Å². The van der Waals surface area contributed by atoms with Crippen molar-refractivity contribution in [2.45, 2.75) is 49.8 Å². The third-order valence-corrected chi connectivity index (χ3v) is 12.2. The van der Waals surface area contributed by atoms with Crippen LogP contribution in [0.4, 0.5) is 5.69 Å². The number of aliphatic carboxylic acids is 1. The van der Waals surface area contributed by atoms with Gasteiger partial charge in [-0.25, -0.2) is 21.4 Å². The van der Waals surface area contributed by atoms with Gasteiger partial charge in [0.15, 0.2) is 13.1 Å². The summed E-state index contributed by atoms with van der Waals surface area (Å²) in [7, 11) is -5.98. The maximum Gasteiger partial charge on any atom is 0.303 e. The molecule has 2 aromatic carbocycles. The van der Waals surface area contributed by atoms with E-state index in [0.717, 1.165) is 33.4 Å². The average molecular weight is 860 g/mol. The molecule has 0 fully saturated rings. The van der Waals surface area contributed by atoms with Crippen LogP contribution in [0.5, 0.6) is 0 Å². The van der Waals surface area contributed by atoms with Crippen molar-refractivity contribution in [3.63, 3.8) is 0 Å². The van der Waals surface area contributed by atoms with E-state index < -0.39 is 42.3 Å². The summed E-state index contributed by atoms with van der Waals surface area (Å²) in [6.07, 6.45) is 13.4.